The van der Waals surface area contributed by atoms with Gasteiger partial charge in [0.2, 0.25) is 0 Å². The highest BCUT2D eigenvalue weighted by Gasteiger charge is 2.21. The van der Waals surface area contributed by atoms with E-state index < -0.39 is 0 Å². The molecule has 4 heteroatoms. The Hall–Kier alpha value is -7.30. The molecule has 11 rings (SSSR count). The van der Waals surface area contributed by atoms with Crippen LogP contribution in [0.3, 0.4) is 0 Å². The molecular formula is C54H40N2O2. The van der Waals surface area contributed by atoms with Crippen molar-refractivity contribution in [1.29, 1.82) is 0 Å². The first-order valence-electron chi connectivity index (χ1n) is 19.9. The Morgan fingerprint density at radius 3 is 1.00 bits per heavy atom. The van der Waals surface area contributed by atoms with Gasteiger partial charge in [0.15, 0.2) is 11.2 Å². The van der Waals surface area contributed by atoms with Crippen LogP contribution in [0.2, 0.25) is 0 Å². The lowest BCUT2D eigenvalue weighted by Crippen LogP contribution is -2.12. The molecule has 9 aromatic carbocycles. The molecule has 11 aromatic rings. The summed E-state index contributed by atoms with van der Waals surface area (Å²) in [6.07, 6.45) is 0. The summed E-state index contributed by atoms with van der Waals surface area (Å²) < 4.78 is 13.5. The number of fused-ring (bicyclic) bond motifs is 9. The van der Waals surface area contributed by atoms with Gasteiger partial charge >= 0.3 is 0 Å². The number of benzene rings is 9. The SMILES string of the molecule is Cc1ccccc1N(c1ccc2cc3c(cc2c1)oc1c3ccc2c3cc4ccc(N(c5ccccc5C)c5ccccc5C)cc4cc3oc21)c1ccccc1C. The number of para-hydroxylation sites is 4. The van der Waals surface area contributed by atoms with Crippen LogP contribution in [0.15, 0.2) is 179 Å². The summed E-state index contributed by atoms with van der Waals surface area (Å²) in [4.78, 5) is 4.72. The first kappa shape index (κ1) is 34.0. The van der Waals surface area contributed by atoms with E-state index in [4.69, 9.17) is 8.83 Å². The van der Waals surface area contributed by atoms with Gasteiger partial charge in [0.05, 0.1) is 0 Å². The van der Waals surface area contributed by atoms with Crippen LogP contribution in [-0.4, -0.2) is 0 Å². The van der Waals surface area contributed by atoms with Crippen LogP contribution in [0, 0.1) is 27.7 Å². The summed E-state index contributed by atoms with van der Waals surface area (Å²) in [5, 5.41) is 8.80. The summed E-state index contributed by atoms with van der Waals surface area (Å²) in [5.41, 5.74) is 14.9. The predicted octanol–water partition coefficient (Wildman–Crippen LogP) is 16.0. The van der Waals surface area contributed by atoms with Crippen LogP contribution in [0.5, 0.6) is 0 Å². The Balaban J connectivity index is 1.04. The number of furan rings is 2. The van der Waals surface area contributed by atoms with Crippen molar-refractivity contribution in [2.75, 3.05) is 9.80 Å². The lowest BCUT2D eigenvalue weighted by atomic mass is 10.0. The molecule has 2 heterocycles. The molecule has 0 unspecified atom stereocenters. The summed E-state index contributed by atoms with van der Waals surface area (Å²) in [6.45, 7) is 8.69. The van der Waals surface area contributed by atoms with E-state index >= 15 is 0 Å². The molecule has 4 nitrogen and oxygen atoms in total. The van der Waals surface area contributed by atoms with E-state index in [0.29, 0.717) is 0 Å². The lowest BCUT2D eigenvalue weighted by molar-refractivity contribution is 0.634. The van der Waals surface area contributed by atoms with Crippen LogP contribution >= 0.6 is 0 Å². The number of rotatable bonds is 6. The molecule has 0 atom stereocenters. The quantitative estimate of drug-likeness (QED) is 0.170. The highest BCUT2D eigenvalue weighted by molar-refractivity contribution is 6.21. The third kappa shape index (κ3) is 5.37. The zero-order chi connectivity index (χ0) is 39.1. The average Bonchev–Trinajstić information content (AvgIpc) is 3.79. The Morgan fingerprint density at radius 1 is 0.310 bits per heavy atom. The van der Waals surface area contributed by atoms with Crippen LogP contribution in [0.25, 0.3) is 65.4 Å². The number of hydrogen-bond acceptors (Lipinski definition) is 4. The van der Waals surface area contributed by atoms with Crippen molar-refractivity contribution in [3.63, 3.8) is 0 Å². The first-order chi connectivity index (χ1) is 28.4. The first-order valence-corrected chi connectivity index (χ1v) is 19.9. The summed E-state index contributed by atoms with van der Waals surface area (Å²) >= 11 is 0. The van der Waals surface area contributed by atoms with Gasteiger partial charge < -0.3 is 18.6 Å². The smallest absolute Gasteiger partial charge is 0.178 e. The van der Waals surface area contributed by atoms with Crippen molar-refractivity contribution in [2.24, 2.45) is 0 Å². The van der Waals surface area contributed by atoms with Gasteiger partial charge in [0, 0.05) is 55.7 Å². The van der Waals surface area contributed by atoms with Crippen molar-refractivity contribution < 1.29 is 8.83 Å². The van der Waals surface area contributed by atoms with E-state index in [1.54, 1.807) is 0 Å². The van der Waals surface area contributed by atoms with Gasteiger partial charge in [0.25, 0.3) is 0 Å². The highest BCUT2D eigenvalue weighted by atomic mass is 16.4. The van der Waals surface area contributed by atoms with Crippen LogP contribution in [-0.2, 0) is 0 Å². The van der Waals surface area contributed by atoms with Crippen molar-refractivity contribution in [1.82, 2.24) is 0 Å². The standard InChI is InChI=1S/C54H40N2O2/c1-33-13-5-9-17-47(33)55(48-18-10-6-14-34(48)2)41-23-21-37-29-45-43-25-26-44-46-30-38-22-24-42(56(49-19-11-7-15-35(49)3)50-20-12-8-16-36(50)4)28-40(38)32-52(46)58-54(44)53(43)57-51(45)31-39(37)27-41/h5-32H,1-4H3. The van der Waals surface area contributed by atoms with Crippen molar-refractivity contribution in [3.05, 3.63) is 192 Å². The largest absolute Gasteiger partial charge is 0.452 e. The molecule has 58 heavy (non-hydrogen) atoms. The number of nitrogens with zero attached hydrogens (tertiary/aromatic N) is 2. The zero-order valence-electron chi connectivity index (χ0n) is 32.9. The Labute approximate surface area is 336 Å². The molecule has 0 saturated carbocycles. The fraction of sp³-hybridized carbons (Fsp3) is 0.0741. The van der Waals surface area contributed by atoms with E-state index in [9.17, 15) is 0 Å². The minimum absolute atomic E-state index is 0.774. The van der Waals surface area contributed by atoms with Crippen molar-refractivity contribution in [3.8, 4) is 0 Å². The molecule has 0 fully saturated rings. The fourth-order valence-corrected chi connectivity index (χ4v) is 8.88. The van der Waals surface area contributed by atoms with Gasteiger partial charge in [-0.3, -0.25) is 0 Å². The Bertz CT molecular complexity index is 3100. The number of anilines is 6. The molecule has 2 aromatic heterocycles. The normalized spacial score (nSPS) is 11.8. The monoisotopic (exact) mass is 748 g/mol. The topological polar surface area (TPSA) is 32.8 Å². The third-order valence-electron chi connectivity index (χ3n) is 11.9. The van der Waals surface area contributed by atoms with E-state index in [2.05, 4.69) is 207 Å². The molecule has 278 valence electrons. The minimum Gasteiger partial charge on any atom is -0.452 e. The number of hydrogen-bond donors (Lipinski definition) is 0. The van der Waals surface area contributed by atoms with Crippen molar-refractivity contribution >= 4 is 99.5 Å². The third-order valence-corrected chi connectivity index (χ3v) is 11.9. The fourth-order valence-electron chi connectivity index (χ4n) is 8.88. The van der Waals surface area contributed by atoms with E-state index in [1.165, 1.54) is 22.3 Å². The Kier molecular flexibility index (Phi) is 7.70. The Morgan fingerprint density at radius 2 is 0.655 bits per heavy atom. The minimum atomic E-state index is 0.774. The van der Waals surface area contributed by atoms with Crippen LogP contribution in [0.4, 0.5) is 34.1 Å². The van der Waals surface area contributed by atoms with Gasteiger partial charge in [0.1, 0.15) is 11.2 Å². The van der Waals surface area contributed by atoms with Gasteiger partial charge in [-0.15, -0.1) is 0 Å². The molecule has 0 aliphatic carbocycles. The van der Waals surface area contributed by atoms with Gasteiger partial charge in [-0.25, -0.2) is 0 Å². The van der Waals surface area contributed by atoms with Gasteiger partial charge in [-0.05, 0) is 156 Å². The maximum atomic E-state index is 6.77. The molecule has 0 spiro atoms. The van der Waals surface area contributed by atoms with E-state index in [1.807, 2.05) is 0 Å². The maximum absolute atomic E-state index is 6.77. The molecule has 0 amide bonds. The second-order valence-corrected chi connectivity index (χ2v) is 15.6. The average molecular weight is 749 g/mol. The highest BCUT2D eigenvalue weighted by Crippen LogP contribution is 2.44. The molecule has 0 saturated heterocycles. The molecule has 0 aliphatic heterocycles. The van der Waals surface area contributed by atoms with Crippen LogP contribution in [0.1, 0.15) is 22.3 Å². The molecule has 0 radical (unpaired) electrons. The summed E-state index contributed by atoms with van der Waals surface area (Å²) in [6, 6.07) is 61.0. The second-order valence-electron chi connectivity index (χ2n) is 15.6. The summed E-state index contributed by atoms with van der Waals surface area (Å²) in [7, 11) is 0. The molecule has 0 aliphatic rings. The lowest BCUT2D eigenvalue weighted by Gasteiger charge is -2.28. The molecule has 0 N–H and O–H groups in total. The second kappa shape index (κ2) is 13.1. The van der Waals surface area contributed by atoms with Gasteiger partial charge in [-0.1, -0.05) is 84.9 Å². The van der Waals surface area contributed by atoms with E-state index in [0.717, 1.165) is 99.5 Å². The van der Waals surface area contributed by atoms with Crippen LogP contribution < -0.4 is 9.80 Å². The number of aryl methyl sites for hydroxylation is 4. The maximum Gasteiger partial charge on any atom is 0.178 e. The summed E-state index contributed by atoms with van der Waals surface area (Å²) in [5.74, 6) is 0. The van der Waals surface area contributed by atoms with E-state index in [-0.39, 0.29) is 0 Å². The van der Waals surface area contributed by atoms with Gasteiger partial charge in [-0.2, -0.15) is 0 Å². The van der Waals surface area contributed by atoms with Crippen molar-refractivity contribution in [2.45, 2.75) is 27.7 Å². The molecular weight excluding hydrogens is 709 g/mol. The predicted molar refractivity (Wildman–Crippen MR) is 244 cm³/mol. The molecule has 0 bridgehead atoms. The zero-order valence-corrected chi connectivity index (χ0v) is 32.9.